The van der Waals surface area contributed by atoms with E-state index in [0.717, 1.165) is 24.8 Å². The lowest BCUT2D eigenvalue weighted by Crippen LogP contribution is -2.10. The number of carboxylic acid groups (broad SMARTS) is 1. The number of aromatic carboxylic acids is 1. The molecule has 0 aliphatic carbocycles. The zero-order valence-corrected chi connectivity index (χ0v) is 17.9. The monoisotopic (exact) mass is 382 g/mol. The fourth-order valence-corrected chi connectivity index (χ4v) is 3.43. The van der Waals surface area contributed by atoms with Crippen molar-refractivity contribution in [3.8, 4) is 11.5 Å². The molecule has 3 nitrogen and oxygen atoms in total. The fourth-order valence-electron chi connectivity index (χ4n) is 3.43. The molecule has 0 radical (unpaired) electrons. The van der Waals surface area contributed by atoms with Gasteiger partial charge in [-0.1, -0.05) is 84.6 Å². The number of ether oxygens (including phenoxy) is 1. The van der Waals surface area contributed by atoms with Gasteiger partial charge in [-0.3, -0.25) is 0 Å². The highest BCUT2D eigenvalue weighted by Crippen LogP contribution is 2.34. The van der Waals surface area contributed by atoms with Crippen molar-refractivity contribution in [3.63, 3.8) is 0 Å². The zero-order chi connectivity index (χ0) is 20.7. The first-order valence-electron chi connectivity index (χ1n) is 10.4. The summed E-state index contributed by atoms with van der Waals surface area (Å²) in [4.78, 5) is 11.8. The molecule has 0 fully saturated rings. The van der Waals surface area contributed by atoms with E-state index in [2.05, 4.69) is 46.8 Å². The molecular weight excluding hydrogens is 348 g/mol. The molecule has 1 atom stereocenters. The lowest BCUT2D eigenvalue weighted by molar-refractivity contribution is 0.0694. The van der Waals surface area contributed by atoms with Crippen LogP contribution in [0.25, 0.3) is 0 Å². The van der Waals surface area contributed by atoms with E-state index in [9.17, 15) is 9.90 Å². The molecule has 3 heteroatoms. The van der Waals surface area contributed by atoms with Gasteiger partial charge >= 0.3 is 5.97 Å². The van der Waals surface area contributed by atoms with E-state index in [0.29, 0.717) is 17.4 Å². The van der Waals surface area contributed by atoms with E-state index in [1.807, 2.05) is 24.3 Å². The summed E-state index contributed by atoms with van der Waals surface area (Å²) in [7, 11) is 0. The molecule has 0 saturated heterocycles. The Bertz CT molecular complexity index is 769. The summed E-state index contributed by atoms with van der Waals surface area (Å²) >= 11 is 0. The van der Waals surface area contributed by atoms with Gasteiger partial charge in [-0.05, 0) is 47.1 Å². The first kappa shape index (κ1) is 22.0. The third kappa shape index (κ3) is 5.85. The van der Waals surface area contributed by atoms with Crippen LogP contribution in [0.1, 0.15) is 81.8 Å². The standard InChI is InChI=1S/C25H34O3/c1-6-8-10-18(7-2)17-19-11-9-12-22(24(26)27)23(19)28-21-15-13-20(14-16-21)25(3,4)5/h9,11-16,18H,6-8,10,17H2,1-5H3,(H,26,27). The van der Waals surface area contributed by atoms with Gasteiger partial charge in [0.15, 0.2) is 0 Å². The number of hydrogen-bond acceptors (Lipinski definition) is 2. The summed E-state index contributed by atoms with van der Waals surface area (Å²) in [5.41, 5.74) is 2.48. The molecule has 0 saturated carbocycles. The number of hydrogen-bond donors (Lipinski definition) is 1. The Morgan fingerprint density at radius 3 is 2.29 bits per heavy atom. The van der Waals surface area contributed by atoms with Gasteiger partial charge in [0.25, 0.3) is 0 Å². The molecule has 2 aromatic carbocycles. The van der Waals surface area contributed by atoms with Gasteiger partial charge < -0.3 is 9.84 Å². The fraction of sp³-hybridized carbons (Fsp3) is 0.480. The van der Waals surface area contributed by atoms with Crippen LogP contribution in [0.3, 0.4) is 0 Å². The molecule has 0 aromatic heterocycles. The van der Waals surface area contributed by atoms with Crippen molar-refractivity contribution in [3.05, 3.63) is 59.2 Å². The van der Waals surface area contributed by atoms with E-state index in [-0.39, 0.29) is 11.0 Å². The smallest absolute Gasteiger partial charge is 0.339 e. The van der Waals surface area contributed by atoms with Gasteiger partial charge in [0.1, 0.15) is 17.1 Å². The quantitative estimate of drug-likeness (QED) is 0.497. The van der Waals surface area contributed by atoms with Crippen molar-refractivity contribution >= 4 is 5.97 Å². The lowest BCUT2D eigenvalue weighted by Gasteiger charge is -2.21. The molecule has 0 aliphatic heterocycles. The Morgan fingerprint density at radius 2 is 1.75 bits per heavy atom. The number of rotatable bonds is 9. The summed E-state index contributed by atoms with van der Waals surface area (Å²) in [5.74, 6) is 0.734. The van der Waals surface area contributed by atoms with E-state index >= 15 is 0 Å². The van der Waals surface area contributed by atoms with Gasteiger partial charge in [0.05, 0.1) is 0 Å². The van der Waals surface area contributed by atoms with Crippen LogP contribution in [-0.4, -0.2) is 11.1 Å². The van der Waals surface area contributed by atoms with Crippen molar-refractivity contribution in [1.29, 1.82) is 0 Å². The molecule has 1 unspecified atom stereocenters. The maximum atomic E-state index is 11.8. The minimum Gasteiger partial charge on any atom is -0.478 e. The number of para-hydroxylation sites is 1. The van der Waals surface area contributed by atoms with E-state index in [1.165, 1.54) is 18.4 Å². The van der Waals surface area contributed by atoms with Crippen molar-refractivity contribution in [1.82, 2.24) is 0 Å². The van der Waals surface area contributed by atoms with Crippen molar-refractivity contribution in [2.75, 3.05) is 0 Å². The Labute approximate surface area is 169 Å². The van der Waals surface area contributed by atoms with Crippen molar-refractivity contribution < 1.29 is 14.6 Å². The van der Waals surface area contributed by atoms with Crippen LogP contribution in [0.5, 0.6) is 11.5 Å². The molecule has 0 bridgehead atoms. The Balaban J connectivity index is 2.34. The minimum absolute atomic E-state index is 0.0658. The largest absolute Gasteiger partial charge is 0.478 e. The van der Waals surface area contributed by atoms with Crippen LogP contribution in [0.15, 0.2) is 42.5 Å². The number of carboxylic acids is 1. The Kier molecular flexibility index (Phi) is 7.68. The zero-order valence-electron chi connectivity index (χ0n) is 17.9. The van der Waals surface area contributed by atoms with Gasteiger partial charge in [-0.2, -0.15) is 0 Å². The normalized spacial score (nSPS) is 12.6. The second-order valence-electron chi connectivity index (χ2n) is 8.60. The highest BCUT2D eigenvalue weighted by atomic mass is 16.5. The van der Waals surface area contributed by atoms with Crippen LogP contribution < -0.4 is 4.74 Å². The molecule has 0 amide bonds. The predicted molar refractivity (Wildman–Crippen MR) is 116 cm³/mol. The second-order valence-corrected chi connectivity index (χ2v) is 8.60. The summed E-state index contributed by atoms with van der Waals surface area (Å²) < 4.78 is 6.14. The molecule has 152 valence electrons. The minimum atomic E-state index is -0.954. The Morgan fingerprint density at radius 1 is 1.07 bits per heavy atom. The van der Waals surface area contributed by atoms with Crippen LogP contribution in [0.2, 0.25) is 0 Å². The Hall–Kier alpha value is -2.29. The highest BCUT2D eigenvalue weighted by molar-refractivity contribution is 5.91. The molecule has 1 N–H and O–H groups in total. The maximum absolute atomic E-state index is 11.8. The number of unbranched alkanes of at least 4 members (excludes halogenated alkanes) is 1. The van der Waals surface area contributed by atoms with Crippen LogP contribution in [0, 0.1) is 5.92 Å². The van der Waals surface area contributed by atoms with E-state index in [4.69, 9.17) is 4.74 Å². The van der Waals surface area contributed by atoms with Gasteiger partial charge in [-0.15, -0.1) is 0 Å². The highest BCUT2D eigenvalue weighted by Gasteiger charge is 2.19. The average molecular weight is 383 g/mol. The van der Waals surface area contributed by atoms with Crippen molar-refractivity contribution in [2.45, 2.75) is 72.1 Å². The first-order chi connectivity index (χ1) is 13.3. The molecule has 0 heterocycles. The number of benzene rings is 2. The predicted octanol–water partition coefficient (Wildman–Crippen LogP) is 7.23. The number of carbonyl (C=O) groups is 1. The van der Waals surface area contributed by atoms with Crippen molar-refractivity contribution in [2.24, 2.45) is 5.92 Å². The van der Waals surface area contributed by atoms with Gasteiger partial charge in [0.2, 0.25) is 0 Å². The first-order valence-corrected chi connectivity index (χ1v) is 10.4. The summed E-state index contributed by atoms with van der Waals surface area (Å²) in [6, 6.07) is 13.4. The molecular formula is C25H34O3. The van der Waals surface area contributed by atoms with Crippen LogP contribution in [-0.2, 0) is 11.8 Å². The lowest BCUT2D eigenvalue weighted by atomic mass is 9.87. The summed E-state index contributed by atoms with van der Waals surface area (Å²) in [6.45, 7) is 10.9. The third-order valence-corrected chi connectivity index (χ3v) is 5.32. The van der Waals surface area contributed by atoms with Gasteiger partial charge in [-0.25, -0.2) is 4.79 Å². The topological polar surface area (TPSA) is 46.5 Å². The molecule has 0 aliphatic rings. The SMILES string of the molecule is CCCCC(CC)Cc1cccc(C(=O)O)c1Oc1ccc(C(C)(C)C)cc1. The maximum Gasteiger partial charge on any atom is 0.339 e. The summed E-state index contributed by atoms with van der Waals surface area (Å²) in [5, 5.41) is 9.67. The molecule has 2 rings (SSSR count). The average Bonchev–Trinajstić information content (AvgIpc) is 2.65. The molecule has 0 spiro atoms. The molecule has 2 aromatic rings. The molecule has 28 heavy (non-hydrogen) atoms. The second kappa shape index (κ2) is 9.77. The van der Waals surface area contributed by atoms with Crippen LogP contribution in [0.4, 0.5) is 0 Å². The summed E-state index contributed by atoms with van der Waals surface area (Å²) in [6.07, 6.45) is 5.45. The van der Waals surface area contributed by atoms with E-state index in [1.54, 1.807) is 6.07 Å². The van der Waals surface area contributed by atoms with Crippen LogP contribution >= 0.6 is 0 Å². The van der Waals surface area contributed by atoms with Gasteiger partial charge in [0, 0.05) is 0 Å². The third-order valence-electron chi connectivity index (χ3n) is 5.32. The van der Waals surface area contributed by atoms with E-state index < -0.39 is 5.97 Å².